The van der Waals surface area contributed by atoms with Gasteiger partial charge in [0.1, 0.15) is 0 Å². The Bertz CT molecular complexity index is 191. The van der Waals surface area contributed by atoms with E-state index in [1.54, 1.807) is 7.11 Å². The fourth-order valence-electron chi connectivity index (χ4n) is 2.49. The minimum atomic E-state index is 0.710. The Hall–Kier alpha value is -0.160. The van der Waals surface area contributed by atoms with Crippen LogP contribution < -0.4 is 5.32 Å². The Balaban J connectivity index is 2.09. The van der Waals surface area contributed by atoms with E-state index in [0.717, 1.165) is 45.9 Å². The van der Waals surface area contributed by atoms with Crippen LogP contribution in [0.25, 0.3) is 0 Å². The van der Waals surface area contributed by atoms with E-state index in [2.05, 4.69) is 17.1 Å². The molecule has 4 heteroatoms. The van der Waals surface area contributed by atoms with Gasteiger partial charge in [0.05, 0.1) is 6.61 Å². The molecule has 4 nitrogen and oxygen atoms in total. The van der Waals surface area contributed by atoms with E-state index in [1.165, 1.54) is 25.8 Å². The lowest BCUT2D eigenvalue weighted by atomic mass is 10.0. The van der Waals surface area contributed by atoms with Gasteiger partial charge in [0.2, 0.25) is 0 Å². The average molecular weight is 258 g/mol. The lowest BCUT2D eigenvalue weighted by Gasteiger charge is -2.35. The number of likely N-dealkylation sites (N-methyl/N-ethyl adjacent to an activating group) is 1. The van der Waals surface area contributed by atoms with E-state index >= 15 is 0 Å². The van der Waals surface area contributed by atoms with Gasteiger partial charge in [-0.15, -0.1) is 0 Å². The van der Waals surface area contributed by atoms with Crippen LogP contribution in [-0.2, 0) is 9.47 Å². The van der Waals surface area contributed by atoms with Crippen molar-refractivity contribution in [2.75, 3.05) is 53.1 Å². The zero-order valence-corrected chi connectivity index (χ0v) is 12.1. The maximum absolute atomic E-state index is 5.65. The predicted octanol–water partition coefficient (Wildman–Crippen LogP) is 1.50. The second kappa shape index (κ2) is 10.7. The van der Waals surface area contributed by atoms with Gasteiger partial charge in [-0.25, -0.2) is 0 Å². The predicted molar refractivity (Wildman–Crippen MR) is 75.1 cm³/mol. The summed E-state index contributed by atoms with van der Waals surface area (Å²) in [5, 5.41) is 3.47. The molecule has 1 fully saturated rings. The lowest BCUT2D eigenvalue weighted by molar-refractivity contribution is 0.0611. The Morgan fingerprint density at radius 3 is 2.89 bits per heavy atom. The first-order valence-electron chi connectivity index (χ1n) is 7.40. The summed E-state index contributed by atoms with van der Waals surface area (Å²) in [6.07, 6.45) is 5.04. The van der Waals surface area contributed by atoms with Gasteiger partial charge in [-0.2, -0.15) is 0 Å². The molecule has 1 aliphatic rings. The number of hydrogen-bond donors (Lipinski definition) is 1. The molecule has 0 saturated carbocycles. The van der Waals surface area contributed by atoms with Gasteiger partial charge in [-0.3, -0.25) is 4.90 Å². The molecule has 0 aliphatic carbocycles. The molecule has 0 spiro atoms. The van der Waals surface area contributed by atoms with Crippen LogP contribution in [0.2, 0.25) is 0 Å². The third-order valence-corrected chi connectivity index (χ3v) is 3.54. The summed E-state index contributed by atoms with van der Waals surface area (Å²) in [6.45, 7) is 9.14. The van der Waals surface area contributed by atoms with E-state index in [0.29, 0.717) is 6.04 Å². The molecule has 0 aromatic heterocycles. The largest absolute Gasteiger partial charge is 0.385 e. The van der Waals surface area contributed by atoms with Gasteiger partial charge in [-0.05, 0) is 32.4 Å². The van der Waals surface area contributed by atoms with Gasteiger partial charge in [0.25, 0.3) is 0 Å². The maximum Gasteiger partial charge on any atom is 0.0593 e. The summed E-state index contributed by atoms with van der Waals surface area (Å²) >= 11 is 0. The van der Waals surface area contributed by atoms with Gasteiger partial charge in [0.15, 0.2) is 0 Å². The van der Waals surface area contributed by atoms with Crippen LogP contribution in [0, 0.1) is 0 Å². The molecule has 1 atom stereocenters. The van der Waals surface area contributed by atoms with Crippen molar-refractivity contribution in [3.05, 3.63) is 0 Å². The van der Waals surface area contributed by atoms with Crippen molar-refractivity contribution in [2.24, 2.45) is 0 Å². The molecule has 0 bridgehead atoms. The molecule has 0 aromatic rings. The molecule has 1 saturated heterocycles. The molecule has 108 valence electrons. The minimum absolute atomic E-state index is 0.710. The number of methoxy groups -OCH3 is 1. The fraction of sp³-hybridized carbons (Fsp3) is 1.00. The molecule has 0 aromatic carbocycles. The van der Waals surface area contributed by atoms with Gasteiger partial charge >= 0.3 is 0 Å². The van der Waals surface area contributed by atoms with Crippen molar-refractivity contribution in [2.45, 2.75) is 38.6 Å². The van der Waals surface area contributed by atoms with E-state index in [1.807, 2.05) is 0 Å². The quantitative estimate of drug-likeness (QED) is 0.602. The van der Waals surface area contributed by atoms with Crippen molar-refractivity contribution in [1.82, 2.24) is 10.2 Å². The molecule has 0 radical (unpaired) electrons. The van der Waals surface area contributed by atoms with Crippen molar-refractivity contribution < 1.29 is 9.47 Å². The summed E-state index contributed by atoms with van der Waals surface area (Å²) in [4.78, 5) is 2.59. The third kappa shape index (κ3) is 6.69. The number of piperidine rings is 1. The molecular formula is C14H30N2O2. The number of ether oxygens (including phenoxy) is 2. The van der Waals surface area contributed by atoms with Crippen LogP contribution in [0.3, 0.4) is 0 Å². The molecule has 18 heavy (non-hydrogen) atoms. The number of rotatable bonds is 10. The fourth-order valence-corrected chi connectivity index (χ4v) is 2.49. The molecule has 0 amide bonds. The minimum Gasteiger partial charge on any atom is -0.385 e. The zero-order valence-electron chi connectivity index (χ0n) is 12.1. The Labute approximate surface area is 112 Å². The Morgan fingerprint density at radius 1 is 1.22 bits per heavy atom. The van der Waals surface area contributed by atoms with E-state index in [4.69, 9.17) is 9.47 Å². The van der Waals surface area contributed by atoms with Crippen LogP contribution in [-0.4, -0.2) is 64.1 Å². The zero-order chi connectivity index (χ0) is 13.1. The van der Waals surface area contributed by atoms with Crippen molar-refractivity contribution in [3.63, 3.8) is 0 Å². The number of hydrogen-bond acceptors (Lipinski definition) is 4. The van der Waals surface area contributed by atoms with Crippen LogP contribution >= 0.6 is 0 Å². The number of nitrogens with zero attached hydrogens (tertiary/aromatic N) is 1. The molecule has 1 unspecified atom stereocenters. The number of nitrogens with one attached hydrogen (secondary N) is 1. The highest BCUT2D eigenvalue weighted by molar-refractivity contribution is 4.78. The second-order valence-electron chi connectivity index (χ2n) is 4.95. The van der Waals surface area contributed by atoms with Crippen molar-refractivity contribution in [1.29, 1.82) is 0 Å². The first-order valence-corrected chi connectivity index (χ1v) is 7.40. The van der Waals surface area contributed by atoms with Crippen molar-refractivity contribution in [3.8, 4) is 0 Å². The first-order chi connectivity index (χ1) is 8.88. The lowest BCUT2D eigenvalue weighted by Crippen LogP contribution is -2.46. The third-order valence-electron chi connectivity index (χ3n) is 3.54. The van der Waals surface area contributed by atoms with Crippen LogP contribution in [0.5, 0.6) is 0 Å². The Morgan fingerprint density at radius 2 is 2.11 bits per heavy atom. The molecular weight excluding hydrogens is 228 g/mol. The average Bonchev–Trinajstić information content (AvgIpc) is 2.41. The topological polar surface area (TPSA) is 33.7 Å². The maximum atomic E-state index is 5.65. The SMILES string of the molecule is CCNCC1CCCCN1CCOCCCOC. The van der Waals surface area contributed by atoms with Gasteiger partial charge in [0, 0.05) is 39.5 Å². The molecule has 1 aliphatic heterocycles. The van der Waals surface area contributed by atoms with Crippen LogP contribution in [0.4, 0.5) is 0 Å². The highest BCUT2D eigenvalue weighted by atomic mass is 16.5. The summed E-state index contributed by atoms with van der Waals surface area (Å²) in [6, 6.07) is 0.710. The molecule has 1 heterocycles. The summed E-state index contributed by atoms with van der Waals surface area (Å²) in [7, 11) is 1.74. The molecule has 1 rings (SSSR count). The summed E-state index contributed by atoms with van der Waals surface area (Å²) < 4.78 is 10.7. The molecule has 1 N–H and O–H groups in total. The van der Waals surface area contributed by atoms with Crippen molar-refractivity contribution >= 4 is 0 Å². The van der Waals surface area contributed by atoms with E-state index in [9.17, 15) is 0 Å². The monoisotopic (exact) mass is 258 g/mol. The van der Waals surface area contributed by atoms with Crippen LogP contribution in [0.15, 0.2) is 0 Å². The standard InChI is InChI=1S/C14H30N2O2/c1-3-15-13-14-7-4-5-8-16(14)9-12-18-11-6-10-17-2/h14-15H,3-13H2,1-2H3. The smallest absolute Gasteiger partial charge is 0.0593 e. The van der Waals surface area contributed by atoms with Gasteiger partial charge < -0.3 is 14.8 Å². The second-order valence-corrected chi connectivity index (χ2v) is 4.95. The highest BCUT2D eigenvalue weighted by Gasteiger charge is 2.21. The van der Waals surface area contributed by atoms with E-state index < -0.39 is 0 Å². The summed E-state index contributed by atoms with van der Waals surface area (Å²) in [5.74, 6) is 0. The summed E-state index contributed by atoms with van der Waals surface area (Å²) in [5.41, 5.74) is 0. The Kier molecular flexibility index (Phi) is 9.48. The highest BCUT2D eigenvalue weighted by Crippen LogP contribution is 2.15. The first kappa shape index (κ1) is 15.9. The normalized spacial score (nSPS) is 21.3. The van der Waals surface area contributed by atoms with Crippen LogP contribution in [0.1, 0.15) is 32.6 Å². The van der Waals surface area contributed by atoms with E-state index in [-0.39, 0.29) is 0 Å². The van der Waals surface area contributed by atoms with Gasteiger partial charge in [-0.1, -0.05) is 13.3 Å². The number of likely N-dealkylation sites (tertiary alicyclic amines) is 1.